The van der Waals surface area contributed by atoms with Gasteiger partial charge < -0.3 is 10.2 Å². The lowest BCUT2D eigenvalue weighted by Gasteiger charge is -2.24. The van der Waals surface area contributed by atoms with Crippen molar-refractivity contribution in [1.29, 1.82) is 0 Å². The minimum Gasteiger partial charge on any atom is -0.480 e. The lowest BCUT2D eigenvalue weighted by atomic mass is 10.2. The van der Waals surface area contributed by atoms with Crippen molar-refractivity contribution in [2.75, 3.05) is 23.0 Å². The highest BCUT2D eigenvalue weighted by molar-refractivity contribution is 7.99. The average molecular weight is 287 g/mol. The molecule has 1 aromatic rings. The van der Waals surface area contributed by atoms with Crippen molar-refractivity contribution in [1.82, 2.24) is 0 Å². The molecular weight excluding hydrogens is 273 g/mol. The molecule has 1 amide bonds. The van der Waals surface area contributed by atoms with Crippen LogP contribution in [0.15, 0.2) is 24.3 Å². The molecule has 1 rings (SSSR count). The fraction of sp³-hybridized carbons (Fsp3) is 0.333. The van der Waals surface area contributed by atoms with Crippen molar-refractivity contribution in [3.63, 3.8) is 0 Å². The van der Waals surface area contributed by atoms with Crippen LogP contribution in [0.4, 0.5) is 10.1 Å². The molecule has 0 bridgehead atoms. The SMILES string of the molecule is O=CN(c1ccc(F)cc1)[C@@H](CSCCO)C(=O)O. The Hall–Kier alpha value is -1.60. The molecule has 0 aliphatic heterocycles. The van der Waals surface area contributed by atoms with E-state index in [1.807, 2.05) is 0 Å². The Morgan fingerprint density at radius 1 is 1.42 bits per heavy atom. The molecule has 0 saturated heterocycles. The van der Waals surface area contributed by atoms with Crippen molar-refractivity contribution in [2.24, 2.45) is 0 Å². The van der Waals surface area contributed by atoms with Gasteiger partial charge in [-0.2, -0.15) is 11.8 Å². The number of carbonyl (C=O) groups is 2. The molecule has 0 aliphatic carbocycles. The number of halogens is 1. The Morgan fingerprint density at radius 2 is 2.05 bits per heavy atom. The number of hydrogen-bond acceptors (Lipinski definition) is 4. The second kappa shape index (κ2) is 7.75. The maximum absolute atomic E-state index is 12.8. The third kappa shape index (κ3) is 4.53. The zero-order chi connectivity index (χ0) is 14.3. The van der Waals surface area contributed by atoms with Gasteiger partial charge in [0.2, 0.25) is 6.41 Å². The van der Waals surface area contributed by atoms with E-state index in [2.05, 4.69) is 0 Å². The first-order valence-corrected chi connectivity index (χ1v) is 6.66. The highest BCUT2D eigenvalue weighted by atomic mass is 32.2. The van der Waals surface area contributed by atoms with Crippen molar-refractivity contribution < 1.29 is 24.2 Å². The lowest BCUT2D eigenvalue weighted by molar-refractivity contribution is -0.138. The zero-order valence-electron chi connectivity index (χ0n) is 10.0. The number of rotatable bonds is 8. The molecule has 2 N–H and O–H groups in total. The maximum Gasteiger partial charge on any atom is 0.327 e. The van der Waals surface area contributed by atoms with Crippen molar-refractivity contribution in [3.8, 4) is 0 Å². The van der Waals surface area contributed by atoms with Gasteiger partial charge in [0.05, 0.1) is 6.61 Å². The Morgan fingerprint density at radius 3 is 2.53 bits per heavy atom. The number of carboxylic acid groups (broad SMARTS) is 1. The molecule has 1 aromatic carbocycles. The van der Waals surface area contributed by atoms with E-state index < -0.39 is 17.8 Å². The van der Waals surface area contributed by atoms with Gasteiger partial charge >= 0.3 is 5.97 Å². The molecule has 0 aromatic heterocycles. The summed E-state index contributed by atoms with van der Waals surface area (Å²) in [7, 11) is 0. The molecule has 1 atom stereocenters. The van der Waals surface area contributed by atoms with E-state index in [1.165, 1.54) is 23.9 Å². The maximum atomic E-state index is 12.8. The van der Waals surface area contributed by atoms with Crippen LogP contribution in [0.3, 0.4) is 0 Å². The van der Waals surface area contributed by atoms with E-state index in [9.17, 15) is 14.0 Å². The monoisotopic (exact) mass is 287 g/mol. The van der Waals surface area contributed by atoms with Gasteiger partial charge in [0.25, 0.3) is 0 Å². The van der Waals surface area contributed by atoms with Crippen LogP contribution in [-0.4, -0.2) is 46.7 Å². The first kappa shape index (κ1) is 15.5. The predicted molar refractivity (Wildman–Crippen MR) is 70.8 cm³/mol. The van der Waals surface area contributed by atoms with Crippen molar-refractivity contribution >= 4 is 29.8 Å². The number of aliphatic hydroxyl groups is 1. The number of amides is 1. The van der Waals surface area contributed by atoms with E-state index in [4.69, 9.17) is 10.2 Å². The normalized spacial score (nSPS) is 11.9. The average Bonchev–Trinajstić information content (AvgIpc) is 2.39. The van der Waals surface area contributed by atoms with Crippen molar-refractivity contribution in [3.05, 3.63) is 30.1 Å². The molecule has 5 nitrogen and oxygen atoms in total. The fourth-order valence-electron chi connectivity index (χ4n) is 1.46. The van der Waals surface area contributed by atoms with Crippen LogP contribution >= 0.6 is 11.8 Å². The summed E-state index contributed by atoms with van der Waals surface area (Å²) >= 11 is 1.23. The van der Waals surface area contributed by atoms with Crippen molar-refractivity contribution in [2.45, 2.75) is 6.04 Å². The number of nitrogens with zero attached hydrogens (tertiary/aromatic N) is 1. The molecule has 0 saturated carbocycles. The first-order chi connectivity index (χ1) is 9.10. The predicted octanol–water partition coefficient (Wildman–Crippen LogP) is 0.967. The van der Waals surface area contributed by atoms with E-state index >= 15 is 0 Å². The van der Waals surface area contributed by atoms with Crippen LogP contribution in [0.1, 0.15) is 0 Å². The number of aliphatic hydroxyl groups excluding tert-OH is 1. The molecular formula is C12H14FNO4S. The number of benzene rings is 1. The minimum absolute atomic E-state index is 0.0609. The van der Waals surface area contributed by atoms with E-state index in [1.54, 1.807) is 0 Å². The Balaban J connectivity index is 2.86. The molecule has 0 radical (unpaired) electrons. The molecule has 0 fully saturated rings. The number of thioether (sulfide) groups is 1. The van der Waals surface area contributed by atoms with Gasteiger partial charge in [0, 0.05) is 17.2 Å². The molecule has 0 spiro atoms. The number of anilines is 1. The number of hydrogen-bond donors (Lipinski definition) is 2. The van der Waals surface area contributed by atoms with Crippen LogP contribution in [0.25, 0.3) is 0 Å². The number of carbonyl (C=O) groups excluding carboxylic acids is 1. The Kier molecular flexibility index (Phi) is 6.31. The van der Waals surface area contributed by atoms with Gasteiger partial charge in [0.15, 0.2) is 0 Å². The summed E-state index contributed by atoms with van der Waals surface area (Å²) in [5.41, 5.74) is 0.313. The molecule has 7 heteroatoms. The van der Waals surface area contributed by atoms with Gasteiger partial charge in [-0.15, -0.1) is 0 Å². The van der Waals surface area contributed by atoms with E-state index in [0.717, 1.165) is 17.0 Å². The summed E-state index contributed by atoms with van der Waals surface area (Å²) in [6.45, 7) is -0.0609. The standard InChI is InChI=1S/C12H14FNO4S/c13-9-1-3-10(4-2-9)14(8-16)11(12(17)18)7-19-6-5-15/h1-4,8,11,15H,5-7H2,(H,17,18)/t11-/m0/s1. The van der Waals surface area contributed by atoms with Gasteiger partial charge in [-0.25, -0.2) is 9.18 Å². The first-order valence-electron chi connectivity index (χ1n) is 5.50. The molecule has 0 heterocycles. The fourth-order valence-corrected chi connectivity index (χ4v) is 2.28. The quantitative estimate of drug-likeness (QED) is 0.550. The molecule has 0 unspecified atom stereocenters. The smallest absolute Gasteiger partial charge is 0.327 e. The largest absolute Gasteiger partial charge is 0.480 e. The van der Waals surface area contributed by atoms with Gasteiger partial charge in [0.1, 0.15) is 11.9 Å². The van der Waals surface area contributed by atoms with Crippen LogP contribution in [0.5, 0.6) is 0 Å². The minimum atomic E-state index is -1.15. The summed E-state index contributed by atoms with van der Waals surface area (Å²) in [5, 5.41) is 17.8. The number of carboxylic acids is 1. The highest BCUT2D eigenvalue weighted by Crippen LogP contribution is 2.18. The third-order valence-corrected chi connectivity index (χ3v) is 3.39. The lowest BCUT2D eigenvalue weighted by Crippen LogP contribution is -2.42. The highest BCUT2D eigenvalue weighted by Gasteiger charge is 2.25. The zero-order valence-corrected chi connectivity index (χ0v) is 10.8. The molecule has 104 valence electrons. The van der Waals surface area contributed by atoms with Crippen LogP contribution in [-0.2, 0) is 9.59 Å². The van der Waals surface area contributed by atoms with Gasteiger partial charge in [-0.3, -0.25) is 9.69 Å². The topological polar surface area (TPSA) is 77.8 Å². The van der Waals surface area contributed by atoms with Gasteiger partial charge in [-0.05, 0) is 24.3 Å². The second-order valence-corrected chi connectivity index (χ2v) is 4.79. The van der Waals surface area contributed by atoms with E-state index in [-0.39, 0.29) is 12.4 Å². The summed E-state index contributed by atoms with van der Waals surface area (Å²) in [5.74, 6) is -1.08. The summed E-state index contributed by atoms with van der Waals surface area (Å²) in [6, 6.07) is 3.95. The Bertz CT molecular complexity index is 426. The Labute approximate surface area is 114 Å². The van der Waals surface area contributed by atoms with Crippen LogP contribution in [0, 0.1) is 5.82 Å². The summed E-state index contributed by atoms with van der Waals surface area (Å²) in [6.07, 6.45) is 0.408. The third-order valence-electron chi connectivity index (χ3n) is 2.37. The van der Waals surface area contributed by atoms with Crippen LogP contribution in [0.2, 0.25) is 0 Å². The second-order valence-electron chi connectivity index (χ2n) is 3.64. The molecule has 0 aliphatic rings. The summed E-state index contributed by atoms with van der Waals surface area (Å²) < 4.78 is 12.8. The van der Waals surface area contributed by atoms with Crippen LogP contribution < -0.4 is 4.90 Å². The molecule has 19 heavy (non-hydrogen) atoms. The summed E-state index contributed by atoms with van der Waals surface area (Å²) in [4.78, 5) is 23.3. The van der Waals surface area contributed by atoms with E-state index in [0.29, 0.717) is 17.9 Å². The number of aliphatic carboxylic acids is 1. The van der Waals surface area contributed by atoms with Gasteiger partial charge in [-0.1, -0.05) is 0 Å².